The molecule has 0 fully saturated rings. The largest absolute Gasteiger partial charge is 0.488 e. The Morgan fingerprint density at radius 2 is 1.61 bits per heavy atom. The number of para-hydroxylation sites is 1. The summed E-state index contributed by atoms with van der Waals surface area (Å²) >= 11 is 0. The molecule has 4 rings (SSSR count). The van der Waals surface area contributed by atoms with Gasteiger partial charge in [-0.25, -0.2) is 0 Å². The number of hydrogen-bond acceptors (Lipinski definition) is 2. The second-order valence-corrected chi connectivity index (χ2v) is 6.60. The Kier molecular flexibility index (Phi) is 4.98. The van der Waals surface area contributed by atoms with E-state index in [1.807, 2.05) is 48.6 Å². The van der Waals surface area contributed by atoms with Crippen LogP contribution in [0.25, 0.3) is 33.8 Å². The van der Waals surface area contributed by atoms with Gasteiger partial charge in [0.1, 0.15) is 0 Å². The third-order valence-electron chi connectivity index (χ3n) is 4.79. The van der Waals surface area contributed by atoms with Gasteiger partial charge < -0.3 is 14.6 Å². The molecular weight excluding hydrogens is 345 g/mol. The van der Waals surface area contributed by atoms with Gasteiger partial charge in [-0.1, -0.05) is 73.3 Å². The zero-order valence-corrected chi connectivity index (χ0v) is 15.4. The maximum Gasteiger partial charge on any atom is 0.488 e. The second-order valence-electron chi connectivity index (χ2n) is 6.60. The summed E-state index contributed by atoms with van der Waals surface area (Å²) in [4.78, 5) is 0. The van der Waals surface area contributed by atoms with Crippen molar-refractivity contribution < 1.29 is 10.0 Å². The van der Waals surface area contributed by atoms with Crippen LogP contribution in [0.1, 0.15) is 5.69 Å². The van der Waals surface area contributed by atoms with Gasteiger partial charge in [-0.05, 0) is 46.9 Å². The molecule has 4 heteroatoms. The molecule has 0 bridgehead atoms. The van der Waals surface area contributed by atoms with E-state index in [4.69, 9.17) is 0 Å². The number of hydrogen-bond donors (Lipinski definition) is 2. The third kappa shape index (κ3) is 3.43. The Morgan fingerprint density at radius 3 is 2.36 bits per heavy atom. The van der Waals surface area contributed by atoms with Gasteiger partial charge >= 0.3 is 7.12 Å². The highest BCUT2D eigenvalue weighted by molar-refractivity contribution is 6.58. The van der Waals surface area contributed by atoms with Crippen molar-refractivity contribution in [3.05, 3.63) is 103 Å². The van der Waals surface area contributed by atoms with Crippen molar-refractivity contribution >= 4 is 29.6 Å². The molecule has 0 unspecified atom stereocenters. The fourth-order valence-corrected chi connectivity index (χ4v) is 3.44. The van der Waals surface area contributed by atoms with Crippen LogP contribution in [-0.4, -0.2) is 21.7 Å². The van der Waals surface area contributed by atoms with Crippen LogP contribution in [-0.2, 0) is 0 Å². The van der Waals surface area contributed by atoms with E-state index in [1.54, 1.807) is 18.2 Å². The zero-order chi connectivity index (χ0) is 19.5. The fourth-order valence-electron chi connectivity index (χ4n) is 3.44. The van der Waals surface area contributed by atoms with E-state index < -0.39 is 7.12 Å². The number of aromatic nitrogens is 1. The van der Waals surface area contributed by atoms with Gasteiger partial charge in [0.2, 0.25) is 0 Å². The Balaban J connectivity index is 1.78. The van der Waals surface area contributed by atoms with E-state index in [0.29, 0.717) is 5.46 Å². The van der Waals surface area contributed by atoms with Gasteiger partial charge in [-0.3, -0.25) is 0 Å². The quantitative estimate of drug-likeness (QED) is 0.412. The third-order valence-corrected chi connectivity index (χ3v) is 4.79. The van der Waals surface area contributed by atoms with Crippen molar-refractivity contribution in [3.8, 4) is 16.8 Å². The summed E-state index contributed by atoms with van der Waals surface area (Å²) < 4.78 is 2.22. The second kappa shape index (κ2) is 7.73. The predicted molar refractivity (Wildman–Crippen MR) is 118 cm³/mol. The average molecular weight is 365 g/mol. The first-order chi connectivity index (χ1) is 13.7. The summed E-state index contributed by atoms with van der Waals surface area (Å²) in [5.74, 6) is 0. The van der Waals surface area contributed by atoms with Crippen molar-refractivity contribution in [3.63, 3.8) is 0 Å². The van der Waals surface area contributed by atoms with Gasteiger partial charge in [0.05, 0.1) is 5.52 Å². The van der Waals surface area contributed by atoms with Gasteiger partial charge in [0.25, 0.3) is 0 Å². The highest BCUT2D eigenvalue weighted by Gasteiger charge is 2.12. The molecule has 1 aromatic heterocycles. The lowest BCUT2D eigenvalue weighted by Gasteiger charge is -2.11. The van der Waals surface area contributed by atoms with Crippen molar-refractivity contribution in [2.45, 2.75) is 0 Å². The van der Waals surface area contributed by atoms with Gasteiger partial charge in [0.15, 0.2) is 0 Å². The lowest BCUT2D eigenvalue weighted by molar-refractivity contribution is 0.426. The monoisotopic (exact) mass is 365 g/mol. The maximum atomic E-state index is 9.40. The fraction of sp³-hybridized carbons (Fsp3) is 0. The molecule has 3 aromatic carbocycles. The molecule has 0 radical (unpaired) electrons. The van der Waals surface area contributed by atoms with Crippen molar-refractivity contribution in [1.82, 2.24) is 4.57 Å². The topological polar surface area (TPSA) is 45.4 Å². The predicted octanol–water partition coefficient (Wildman–Crippen LogP) is 4.18. The number of benzene rings is 3. The lowest BCUT2D eigenvalue weighted by atomic mass is 9.79. The highest BCUT2D eigenvalue weighted by atomic mass is 16.4. The lowest BCUT2D eigenvalue weighted by Crippen LogP contribution is -2.29. The summed E-state index contributed by atoms with van der Waals surface area (Å²) in [5.41, 5.74) is 5.73. The minimum Gasteiger partial charge on any atom is -0.423 e. The molecule has 1 heterocycles. The number of nitrogens with zero attached hydrogens (tertiary/aromatic N) is 1. The highest BCUT2D eigenvalue weighted by Crippen LogP contribution is 2.27. The number of rotatable bonds is 5. The molecule has 0 aliphatic carbocycles. The average Bonchev–Trinajstić information content (AvgIpc) is 3.10. The molecular formula is C24H20BNO2. The van der Waals surface area contributed by atoms with Crippen molar-refractivity contribution in [2.24, 2.45) is 0 Å². The minimum atomic E-state index is -1.47. The van der Waals surface area contributed by atoms with E-state index >= 15 is 0 Å². The van der Waals surface area contributed by atoms with Gasteiger partial charge in [-0.15, -0.1) is 0 Å². The van der Waals surface area contributed by atoms with E-state index in [9.17, 15) is 10.0 Å². The van der Waals surface area contributed by atoms with E-state index in [0.717, 1.165) is 28.0 Å². The summed E-state index contributed by atoms with van der Waals surface area (Å²) in [6, 6.07) is 26.0. The molecule has 136 valence electrons. The SMILES string of the molecule is C=C/C=C\c1cc2ccccc2n1-c1ccc(-c2cccc(B(O)O)c2)cc1. The van der Waals surface area contributed by atoms with Crippen LogP contribution in [0.3, 0.4) is 0 Å². The van der Waals surface area contributed by atoms with Crippen LogP contribution < -0.4 is 5.46 Å². The molecule has 28 heavy (non-hydrogen) atoms. The Bertz CT molecular complexity index is 1160. The molecule has 3 nitrogen and oxygen atoms in total. The zero-order valence-electron chi connectivity index (χ0n) is 15.4. The van der Waals surface area contributed by atoms with Crippen LogP contribution >= 0.6 is 0 Å². The first-order valence-corrected chi connectivity index (χ1v) is 9.14. The Hall–Kier alpha value is -3.34. The standard InChI is InChI=1S/C24H20BNO2/c1-2-3-10-23-17-20-7-4-5-11-24(20)26(23)22-14-12-18(13-15-22)19-8-6-9-21(16-19)25(27)28/h2-17,27-28H,1H2/b10-3-. The Labute approximate surface area is 164 Å². The summed E-state index contributed by atoms with van der Waals surface area (Å²) in [6.45, 7) is 3.77. The van der Waals surface area contributed by atoms with E-state index in [1.165, 1.54) is 5.39 Å². The molecule has 0 aliphatic heterocycles. The Morgan fingerprint density at radius 1 is 0.821 bits per heavy atom. The van der Waals surface area contributed by atoms with Crippen molar-refractivity contribution in [2.75, 3.05) is 0 Å². The smallest absolute Gasteiger partial charge is 0.423 e. The first-order valence-electron chi connectivity index (χ1n) is 9.14. The minimum absolute atomic E-state index is 0.481. The van der Waals surface area contributed by atoms with Crippen LogP contribution in [0.2, 0.25) is 0 Å². The number of fused-ring (bicyclic) bond motifs is 1. The van der Waals surface area contributed by atoms with Crippen LogP contribution in [0, 0.1) is 0 Å². The molecule has 0 saturated carbocycles. The van der Waals surface area contributed by atoms with Gasteiger partial charge in [0, 0.05) is 16.8 Å². The van der Waals surface area contributed by atoms with Crippen LogP contribution in [0.5, 0.6) is 0 Å². The molecule has 0 saturated heterocycles. The maximum absolute atomic E-state index is 9.40. The van der Waals surface area contributed by atoms with Crippen LogP contribution in [0.15, 0.2) is 97.6 Å². The molecule has 0 atom stereocenters. The molecule has 0 spiro atoms. The molecule has 0 aliphatic rings. The van der Waals surface area contributed by atoms with Crippen LogP contribution in [0.4, 0.5) is 0 Å². The molecule has 2 N–H and O–H groups in total. The first kappa shape index (κ1) is 18.0. The number of allylic oxidation sites excluding steroid dienone is 2. The van der Waals surface area contributed by atoms with Gasteiger partial charge in [-0.2, -0.15) is 0 Å². The van der Waals surface area contributed by atoms with E-state index in [-0.39, 0.29) is 0 Å². The normalized spacial score (nSPS) is 11.2. The molecule has 0 amide bonds. The summed E-state index contributed by atoms with van der Waals surface area (Å²) in [6.07, 6.45) is 5.76. The summed E-state index contributed by atoms with van der Waals surface area (Å²) in [7, 11) is -1.47. The van der Waals surface area contributed by atoms with Crippen molar-refractivity contribution in [1.29, 1.82) is 0 Å². The van der Waals surface area contributed by atoms with E-state index in [2.05, 4.69) is 41.5 Å². The molecule has 4 aromatic rings. The summed E-state index contributed by atoms with van der Waals surface area (Å²) in [5, 5.41) is 20.0.